The lowest BCUT2D eigenvalue weighted by molar-refractivity contribution is 0.0946. The number of benzene rings is 1. The molecule has 1 amide bonds. The molecule has 0 atom stereocenters. The number of rotatable bonds is 3. The quantitative estimate of drug-likeness (QED) is 0.875. The Kier molecular flexibility index (Phi) is 2.96. The van der Waals surface area contributed by atoms with Gasteiger partial charge in [-0.05, 0) is 28.9 Å². The molecule has 98 valence electrons. The van der Waals surface area contributed by atoms with Crippen LogP contribution in [0, 0.1) is 22.6 Å². The lowest BCUT2D eigenvalue weighted by Gasteiger charge is -2.07. The second kappa shape index (κ2) is 4.08. The van der Waals surface area contributed by atoms with E-state index in [0.29, 0.717) is 12.5 Å². The van der Waals surface area contributed by atoms with Gasteiger partial charge in [-0.25, -0.2) is 4.39 Å². The molecule has 1 aromatic rings. The molecule has 1 aromatic carbocycles. The predicted molar refractivity (Wildman–Crippen MR) is 69.8 cm³/mol. The molecule has 1 fully saturated rings. The third-order valence-electron chi connectivity index (χ3n) is 4.90. The SMILES string of the molecule is CC1(C)C(CNC(=O)c2ccccc2F)C1(C)C. The average Bonchev–Trinajstić information content (AvgIpc) is 2.67. The molecule has 0 aromatic heterocycles. The number of amides is 1. The highest BCUT2D eigenvalue weighted by Crippen LogP contribution is 2.67. The molecule has 0 bridgehead atoms. The highest BCUT2D eigenvalue weighted by Gasteiger charge is 2.64. The molecule has 2 rings (SSSR count). The molecule has 18 heavy (non-hydrogen) atoms. The van der Waals surface area contributed by atoms with Crippen molar-refractivity contribution < 1.29 is 9.18 Å². The predicted octanol–water partition coefficient (Wildman–Crippen LogP) is 3.24. The Balaban J connectivity index is 1.97. The Morgan fingerprint density at radius 1 is 1.22 bits per heavy atom. The van der Waals surface area contributed by atoms with Gasteiger partial charge in [0.05, 0.1) is 5.56 Å². The van der Waals surface area contributed by atoms with Gasteiger partial charge in [-0.15, -0.1) is 0 Å². The van der Waals surface area contributed by atoms with Crippen LogP contribution in [0.15, 0.2) is 24.3 Å². The van der Waals surface area contributed by atoms with Gasteiger partial charge in [0.25, 0.3) is 5.91 Å². The van der Waals surface area contributed by atoms with Crippen LogP contribution in [0.1, 0.15) is 38.1 Å². The molecule has 1 saturated carbocycles. The number of hydrogen-bond donors (Lipinski definition) is 1. The molecule has 3 heteroatoms. The molecule has 0 aliphatic heterocycles. The Bertz CT molecular complexity index is 465. The van der Waals surface area contributed by atoms with Crippen LogP contribution >= 0.6 is 0 Å². The van der Waals surface area contributed by atoms with Crippen LogP contribution in [0.5, 0.6) is 0 Å². The van der Waals surface area contributed by atoms with Crippen molar-refractivity contribution in [2.24, 2.45) is 16.7 Å². The van der Waals surface area contributed by atoms with E-state index in [-0.39, 0.29) is 22.3 Å². The van der Waals surface area contributed by atoms with Crippen molar-refractivity contribution >= 4 is 5.91 Å². The van der Waals surface area contributed by atoms with Gasteiger partial charge in [-0.3, -0.25) is 4.79 Å². The molecule has 1 aliphatic carbocycles. The molecule has 2 nitrogen and oxygen atoms in total. The fourth-order valence-electron chi connectivity index (χ4n) is 2.78. The highest BCUT2D eigenvalue weighted by atomic mass is 19.1. The van der Waals surface area contributed by atoms with E-state index < -0.39 is 5.82 Å². The highest BCUT2D eigenvalue weighted by molar-refractivity contribution is 5.94. The number of halogens is 1. The fourth-order valence-corrected chi connectivity index (χ4v) is 2.78. The van der Waals surface area contributed by atoms with Crippen molar-refractivity contribution in [3.8, 4) is 0 Å². The molecule has 0 heterocycles. The normalized spacial score (nSPS) is 20.5. The summed E-state index contributed by atoms with van der Waals surface area (Å²) in [7, 11) is 0. The van der Waals surface area contributed by atoms with Crippen molar-refractivity contribution in [3.05, 3.63) is 35.6 Å². The number of carbonyl (C=O) groups is 1. The summed E-state index contributed by atoms with van der Waals surface area (Å²) in [5, 5.41) is 2.83. The standard InChI is InChI=1S/C15H20FNO/c1-14(2)12(15(14,3)4)9-17-13(18)10-7-5-6-8-11(10)16/h5-8,12H,9H2,1-4H3,(H,17,18). The average molecular weight is 249 g/mol. The fraction of sp³-hybridized carbons (Fsp3) is 0.533. The van der Waals surface area contributed by atoms with E-state index in [4.69, 9.17) is 0 Å². The van der Waals surface area contributed by atoms with Crippen LogP contribution in [0.4, 0.5) is 4.39 Å². The van der Waals surface area contributed by atoms with Crippen molar-refractivity contribution in [1.82, 2.24) is 5.32 Å². The maximum atomic E-state index is 13.4. The zero-order chi connectivity index (χ0) is 13.6. The summed E-state index contributed by atoms with van der Waals surface area (Å²) in [5.41, 5.74) is 0.583. The first-order valence-corrected chi connectivity index (χ1v) is 6.31. The van der Waals surface area contributed by atoms with E-state index in [9.17, 15) is 9.18 Å². The van der Waals surface area contributed by atoms with E-state index in [1.54, 1.807) is 12.1 Å². The lowest BCUT2D eigenvalue weighted by atomic mass is 10.0. The van der Waals surface area contributed by atoms with Crippen LogP contribution in [0.2, 0.25) is 0 Å². The zero-order valence-electron chi connectivity index (χ0n) is 11.4. The summed E-state index contributed by atoms with van der Waals surface area (Å²) in [6, 6.07) is 6.07. The van der Waals surface area contributed by atoms with Crippen molar-refractivity contribution in [1.29, 1.82) is 0 Å². The summed E-state index contributed by atoms with van der Waals surface area (Å²) < 4.78 is 13.4. The molecule has 1 aliphatic rings. The van der Waals surface area contributed by atoms with Crippen LogP contribution in [-0.4, -0.2) is 12.5 Å². The Labute approximate surface area is 108 Å². The molecular formula is C15H20FNO. The van der Waals surface area contributed by atoms with E-state index in [1.165, 1.54) is 12.1 Å². The van der Waals surface area contributed by atoms with Crippen LogP contribution in [0.25, 0.3) is 0 Å². The monoisotopic (exact) mass is 249 g/mol. The number of carbonyl (C=O) groups excluding carboxylic acids is 1. The topological polar surface area (TPSA) is 29.1 Å². The maximum absolute atomic E-state index is 13.4. The van der Waals surface area contributed by atoms with Gasteiger partial charge in [0.2, 0.25) is 0 Å². The number of hydrogen-bond acceptors (Lipinski definition) is 1. The largest absolute Gasteiger partial charge is 0.352 e. The van der Waals surface area contributed by atoms with E-state index in [0.717, 1.165) is 0 Å². The minimum atomic E-state index is -0.468. The summed E-state index contributed by atoms with van der Waals surface area (Å²) >= 11 is 0. The Morgan fingerprint density at radius 2 is 1.78 bits per heavy atom. The van der Waals surface area contributed by atoms with Crippen LogP contribution < -0.4 is 5.32 Å². The summed E-state index contributed by atoms with van der Waals surface area (Å²) in [4.78, 5) is 11.9. The molecule has 1 N–H and O–H groups in total. The summed E-state index contributed by atoms with van der Waals surface area (Å²) in [5.74, 6) is -0.350. The molecule has 0 saturated heterocycles. The molecule has 0 radical (unpaired) electrons. The van der Waals surface area contributed by atoms with Gasteiger partial charge in [0, 0.05) is 6.54 Å². The van der Waals surface area contributed by atoms with E-state index in [1.807, 2.05) is 0 Å². The lowest BCUT2D eigenvalue weighted by Crippen LogP contribution is -2.27. The van der Waals surface area contributed by atoms with Crippen molar-refractivity contribution in [2.45, 2.75) is 27.7 Å². The number of nitrogens with one attached hydrogen (secondary N) is 1. The second-order valence-corrected chi connectivity index (χ2v) is 6.19. The maximum Gasteiger partial charge on any atom is 0.254 e. The second-order valence-electron chi connectivity index (χ2n) is 6.19. The molecule has 0 spiro atoms. The van der Waals surface area contributed by atoms with Gasteiger partial charge >= 0.3 is 0 Å². The molecule has 0 unspecified atom stereocenters. The first-order valence-electron chi connectivity index (χ1n) is 6.31. The Morgan fingerprint density at radius 3 is 2.28 bits per heavy atom. The smallest absolute Gasteiger partial charge is 0.254 e. The van der Waals surface area contributed by atoms with Crippen molar-refractivity contribution in [3.63, 3.8) is 0 Å². The minimum absolute atomic E-state index is 0.119. The van der Waals surface area contributed by atoms with E-state index >= 15 is 0 Å². The first kappa shape index (κ1) is 13.1. The van der Waals surface area contributed by atoms with Gasteiger partial charge in [-0.1, -0.05) is 39.8 Å². The zero-order valence-corrected chi connectivity index (χ0v) is 11.4. The summed E-state index contributed by atoms with van der Waals surface area (Å²) in [6.07, 6.45) is 0. The Hall–Kier alpha value is -1.38. The summed E-state index contributed by atoms with van der Waals surface area (Å²) in [6.45, 7) is 9.41. The third kappa shape index (κ3) is 1.92. The van der Waals surface area contributed by atoms with Gasteiger partial charge in [-0.2, -0.15) is 0 Å². The van der Waals surface area contributed by atoms with Gasteiger partial charge in [0.15, 0.2) is 0 Å². The van der Waals surface area contributed by atoms with Crippen LogP contribution in [0.3, 0.4) is 0 Å². The molecular weight excluding hydrogens is 229 g/mol. The minimum Gasteiger partial charge on any atom is -0.352 e. The van der Waals surface area contributed by atoms with Gasteiger partial charge < -0.3 is 5.32 Å². The first-order chi connectivity index (χ1) is 8.28. The van der Waals surface area contributed by atoms with Gasteiger partial charge in [0.1, 0.15) is 5.82 Å². The van der Waals surface area contributed by atoms with E-state index in [2.05, 4.69) is 33.0 Å². The van der Waals surface area contributed by atoms with Crippen LogP contribution in [-0.2, 0) is 0 Å². The third-order valence-corrected chi connectivity index (χ3v) is 4.90. The van der Waals surface area contributed by atoms with Crippen molar-refractivity contribution in [2.75, 3.05) is 6.54 Å².